The van der Waals surface area contributed by atoms with E-state index in [9.17, 15) is 0 Å². The highest BCUT2D eigenvalue weighted by atomic mass is 79.9. The van der Waals surface area contributed by atoms with Crippen LogP contribution < -0.4 is 0 Å². The van der Waals surface area contributed by atoms with E-state index in [1.807, 2.05) is 6.07 Å². The summed E-state index contributed by atoms with van der Waals surface area (Å²) in [5, 5.41) is 17.5. The smallest absolute Gasteiger partial charge is 0.0621 e. The highest BCUT2D eigenvalue weighted by molar-refractivity contribution is 9.09. The third-order valence-electron chi connectivity index (χ3n) is 3.38. The van der Waals surface area contributed by atoms with Gasteiger partial charge in [0.2, 0.25) is 0 Å². The zero-order valence-electron chi connectivity index (χ0n) is 14.6. The maximum Gasteiger partial charge on any atom is 0.0621 e. The number of hydrogen-bond acceptors (Lipinski definition) is 3. The predicted molar refractivity (Wildman–Crippen MR) is 103 cm³/mol. The Kier molecular flexibility index (Phi) is 18.6. The van der Waals surface area contributed by atoms with E-state index in [0.29, 0.717) is 12.8 Å². The average Bonchev–Trinajstić information content (AvgIpc) is 2.62. The molecule has 0 atom stereocenters. The molecule has 0 aliphatic heterocycles. The maximum atomic E-state index is 8.35. The molecule has 0 unspecified atom stereocenters. The Bertz CT molecular complexity index is 451. The van der Waals surface area contributed by atoms with Gasteiger partial charge in [-0.15, -0.1) is 0 Å². The van der Waals surface area contributed by atoms with Crippen molar-refractivity contribution >= 4 is 15.9 Å². The summed E-state index contributed by atoms with van der Waals surface area (Å²) in [5.74, 6) is 0. The van der Waals surface area contributed by atoms with Crippen molar-refractivity contribution in [1.82, 2.24) is 0 Å². The van der Waals surface area contributed by atoms with Crippen LogP contribution in [0.2, 0.25) is 0 Å². The van der Waals surface area contributed by atoms with Gasteiger partial charge >= 0.3 is 0 Å². The number of hydrogen-bond donors (Lipinski definition) is 0. The molecule has 1 rings (SSSR count). The van der Waals surface area contributed by atoms with Crippen molar-refractivity contribution in [1.29, 1.82) is 10.5 Å². The van der Waals surface area contributed by atoms with E-state index in [-0.39, 0.29) is 0 Å². The first-order valence-electron chi connectivity index (χ1n) is 8.76. The number of nitrogens with zero attached hydrogens (tertiary/aromatic N) is 2. The van der Waals surface area contributed by atoms with Crippen LogP contribution in [0, 0.1) is 22.7 Å². The molecule has 0 heterocycles. The fourth-order valence-electron chi connectivity index (χ4n) is 2.00. The van der Waals surface area contributed by atoms with Crippen LogP contribution in [0.5, 0.6) is 0 Å². The van der Waals surface area contributed by atoms with Gasteiger partial charge in [-0.05, 0) is 37.7 Å². The number of alkyl halides is 1. The molecule has 0 N–H and O–H groups in total. The van der Waals surface area contributed by atoms with Gasteiger partial charge in [-0.2, -0.15) is 10.5 Å². The second kappa shape index (κ2) is 19.7. The SMILES string of the molecule is N#CCCCCCBr.N#CCCCCCOCCc1ccccc1. The Hall–Kier alpha value is -1.36. The highest BCUT2D eigenvalue weighted by Gasteiger charge is 1.93. The van der Waals surface area contributed by atoms with E-state index in [1.165, 1.54) is 18.4 Å². The third kappa shape index (κ3) is 17.0. The number of nitriles is 2. The monoisotopic (exact) mass is 392 g/mol. The summed E-state index contributed by atoms with van der Waals surface area (Å²) in [6, 6.07) is 14.6. The van der Waals surface area contributed by atoms with E-state index in [1.54, 1.807) is 0 Å². The molecule has 0 saturated carbocycles. The standard InChI is InChI=1S/C14H19NO.C6H10BrN/c15-11-6-1-2-7-12-16-13-10-14-8-4-3-5-9-14;7-5-3-1-2-4-6-8/h3-5,8-9H,1-2,6-7,10,12-13H2;1-5H2. The molecule has 24 heavy (non-hydrogen) atoms. The van der Waals surface area contributed by atoms with Crippen molar-refractivity contribution < 1.29 is 4.74 Å². The highest BCUT2D eigenvalue weighted by Crippen LogP contribution is 2.02. The average molecular weight is 393 g/mol. The molecule has 0 spiro atoms. The first-order chi connectivity index (χ1) is 11.8. The van der Waals surface area contributed by atoms with Gasteiger partial charge in [-0.1, -0.05) is 59.1 Å². The van der Waals surface area contributed by atoms with Crippen LogP contribution in [0.25, 0.3) is 0 Å². The zero-order chi connectivity index (χ0) is 17.7. The first kappa shape index (κ1) is 22.6. The molecular formula is C20H29BrN2O. The van der Waals surface area contributed by atoms with Crippen molar-refractivity contribution in [3.05, 3.63) is 35.9 Å². The molecule has 4 heteroatoms. The molecular weight excluding hydrogens is 364 g/mol. The van der Waals surface area contributed by atoms with Crippen molar-refractivity contribution in [2.75, 3.05) is 18.5 Å². The summed E-state index contributed by atoms with van der Waals surface area (Å²) in [4.78, 5) is 0. The Morgan fingerprint density at radius 2 is 1.42 bits per heavy atom. The molecule has 0 amide bonds. The van der Waals surface area contributed by atoms with Crippen molar-refractivity contribution in [2.45, 2.75) is 57.8 Å². The lowest BCUT2D eigenvalue weighted by Gasteiger charge is -2.03. The van der Waals surface area contributed by atoms with Crippen LogP contribution in [0.3, 0.4) is 0 Å². The number of rotatable bonds is 12. The van der Waals surface area contributed by atoms with Gasteiger partial charge in [0.1, 0.15) is 0 Å². The van der Waals surface area contributed by atoms with Crippen LogP contribution in [0.15, 0.2) is 30.3 Å². The minimum atomic E-state index is 0.671. The van der Waals surface area contributed by atoms with E-state index < -0.39 is 0 Å². The molecule has 3 nitrogen and oxygen atoms in total. The molecule has 132 valence electrons. The quantitative estimate of drug-likeness (QED) is 0.333. The molecule has 1 aromatic rings. The molecule has 0 radical (unpaired) electrons. The van der Waals surface area contributed by atoms with E-state index in [4.69, 9.17) is 15.3 Å². The van der Waals surface area contributed by atoms with Gasteiger partial charge in [-0.25, -0.2) is 0 Å². The van der Waals surface area contributed by atoms with Crippen molar-refractivity contribution in [2.24, 2.45) is 0 Å². The summed E-state index contributed by atoms with van der Waals surface area (Å²) < 4.78 is 5.53. The Balaban J connectivity index is 0.000000561. The summed E-state index contributed by atoms with van der Waals surface area (Å²) in [6.45, 7) is 1.61. The second-order valence-corrected chi connectivity index (χ2v) is 6.27. The van der Waals surface area contributed by atoms with Crippen LogP contribution in [0.4, 0.5) is 0 Å². The largest absolute Gasteiger partial charge is 0.381 e. The fraction of sp³-hybridized carbons (Fsp3) is 0.600. The zero-order valence-corrected chi connectivity index (χ0v) is 16.1. The number of ether oxygens (including phenoxy) is 1. The lowest BCUT2D eigenvalue weighted by Crippen LogP contribution is -2.00. The molecule has 1 aromatic carbocycles. The van der Waals surface area contributed by atoms with Gasteiger partial charge in [-0.3, -0.25) is 0 Å². The van der Waals surface area contributed by atoms with Gasteiger partial charge in [0.25, 0.3) is 0 Å². The van der Waals surface area contributed by atoms with Gasteiger partial charge in [0, 0.05) is 24.8 Å². The summed E-state index contributed by atoms with van der Waals surface area (Å²) >= 11 is 3.32. The number of unbranched alkanes of at least 4 members (excludes halogenated alkanes) is 6. The summed E-state index contributed by atoms with van der Waals surface area (Å²) in [7, 11) is 0. The Labute approximate surface area is 155 Å². The minimum absolute atomic E-state index is 0.671. The van der Waals surface area contributed by atoms with Gasteiger partial charge < -0.3 is 4.74 Å². The van der Waals surface area contributed by atoms with Gasteiger partial charge in [0.05, 0.1) is 18.7 Å². The Morgan fingerprint density at radius 1 is 0.792 bits per heavy atom. The van der Waals surface area contributed by atoms with Crippen LogP contribution in [-0.4, -0.2) is 18.5 Å². The molecule has 0 aliphatic rings. The lowest BCUT2D eigenvalue weighted by atomic mass is 10.2. The predicted octanol–water partition coefficient (Wildman–Crippen LogP) is 5.79. The van der Waals surface area contributed by atoms with Crippen molar-refractivity contribution in [3.63, 3.8) is 0 Å². The summed E-state index contributed by atoms with van der Waals surface area (Å²) in [5.41, 5.74) is 1.33. The van der Waals surface area contributed by atoms with Gasteiger partial charge in [0.15, 0.2) is 0 Å². The molecule has 0 aromatic heterocycles. The topological polar surface area (TPSA) is 56.8 Å². The van der Waals surface area contributed by atoms with Crippen LogP contribution in [-0.2, 0) is 11.2 Å². The number of halogens is 1. The third-order valence-corrected chi connectivity index (χ3v) is 3.94. The molecule has 0 aliphatic carbocycles. The van der Waals surface area contributed by atoms with E-state index in [2.05, 4.69) is 52.3 Å². The van der Waals surface area contributed by atoms with Crippen LogP contribution >= 0.6 is 15.9 Å². The summed E-state index contributed by atoms with van der Waals surface area (Å²) in [6.07, 6.45) is 8.96. The van der Waals surface area contributed by atoms with E-state index >= 15 is 0 Å². The van der Waals surface area contributed by atoms with E-state index in [0.717, 1.165) is 50.6 Å². The fourth-order valence-corrected chi connectivity index (χ4v) is 2.39. The lowest BCUT2D eigenvalue weighted by molar-refractivity contribution is 0.133. The molecule has 0 fully saturated rings. The van der Waals surface area contributed by atoms with Crippen LogP contribution in [0.1, 0.15) is 56.9 Å². The minimum Gasteiger partial charge on any atom is -0.381 e. The normalized spacial score (nSPS) is 9.46. The molecule has 0 saturated heterocycles. The Morgan fingerprint density at radius 3 is 2.00 bits per heavy atom. The molecule has 0 bridgehead atoms. The maximum absolute atomic E-state index is 8.35. The second-order valence-electron chi connectivity index (χ2n) is 5.47. The van der Waals surface area contributed by atoms with Crippen molar-refractivity contribution in [3.8, 4) is 12.1 Å². The first-order valence-corrected chi connectivity index (χ1v) is 9.88. The number of benzene rings is 1.